The Morgan fingerprint density at radius 1 is 1.20 bits per heavy atom. The molecule has 25 heavy (non-hydrogen) atoms. The van der Waals surface area contributed by atoms with E-state index in [4.69, 9.17) is 33.7 Å². The molecular weight excluding hydrogens is 367 g/mol. The smallest absolute Gasteiger partial charge is 0.361 e. The summed E-state index contributed by atoms with van der Waals surface area (Å²) < 4.78 is 5.08. The average molecular weight is 383 g/mol. The zero-order valence-electron chi connectivity index (χ0n) is 13.5. The highest BCUT2D eigenvalue weighted by atomic mass is 35.5. The third-order valence-corrected chi connectivity index (χ3v) is 3.92. The van der Waals surface area contributed by atoms with Crippen molar-refractivity contribution in [2.24, 2.45) is 0 Å². The van der Waals surface area contributed by atoms with Crippen molar-refractivity contribution in [3.63, 3.8) is 0 Å². The Kier molecular flexibility index (Phi) is 6.17. The first-order chi connectivity index (χ1) is 11.8. The van der Waals surface area contributed by atoms with Gasteiger partial charge in [0.1, 0.15) is 0 Å². The fourth-order valence-electron chi connectivity index (χ4n) is 2.04. The maximum absolute atomic E-state index is 12.2. The fourth-order valence-corrected chi connectivity index (χ4v) is 2.61. The minimum absolute atomic E-state index is 0.0681. The molecule has 1 heterocycles. The Balaban J connectivity index is 2.00. The number of carbonyl (C=O) groups is 2. The lowest BCUT2D eigenvalue weighted by Gasteiger charge is -2.19. The molecule has 2 unspecified atom stereocenters. The van der Waals surface area contributed by atoms with E-state index in [0.717, 1.165) is 0 Å². The van der Waals surface area contributed by atoms with Gasteiger partial charge in [0.25, 0.3) is 5.91 Å². The molecule has 0 saturated carbocycles. The van der Waals surface area contributed by atoms with Crippen LogP contribution >= 0.6 is 23.2 Å². The number of benzene rings is 1. The Morgan fingerprint density at radius 2 is 1.88 bits per heavy atom. The molecule has 1 aromatic heterocycles. The Labute approximate surface area is 154 Å². The molecular formula is C16H16Cl2N4O3. The summed E-state index contributed by atoms with van der Waals surface area (Å²) in [7, 11) is 0. The molecule has 2 aromatic rings. The molecule has 0 radical (unpaired) electrons. The molecule has 0 aliphatic carbocycles. The summed E-state index contributed by atoms with van der Waals surface area (Å²) in [6, 6.07) is 4.57. The van der Waals surface area contributed by atoms with Crippen LogP contribution in [0.3, 0.4) is 0 Å². The fraction of sp³-hybridized carbons (Fsp3) is 0.250. The number of anilines is 1. The second kappa shape index (κ2) is 8.13. The molecule has 132 valence electrons. The summed E-state index contributed by atoms with van der Waals surface area (Å²) in [6.45, 7) is 3.19. The van der Waals surface area contributed by atoms with Crippen molar-refractivity contribution >= 4 is 40.9 Å². The van der Waals surface area contributed by atoms with Crippen LogP contribution in [0.15, 0.2) is 30.6 Å². The van der Waals surface area contributed by atoms with E-state index in [1.807, 2.05) is 0 Å². The zero-order chi connectivity index (χ0) is 18.6. The van der Waals surface area contributed by atoms with E-state index in [9.17, 15) is 9.59 Å². The minimum atomic E-state index is -1.05. The topological polar surface area (TPSA) is 107 Å². The van der Waals surface area contributed by atoms with Crippen LogP contribution in [0, 0.1) is 0 Å². The molecule has 0 saturated heterocycles. The number of carbonyl (C=O) groups excluding carboxylic acids is 2. The van der Waals surface area contributed by atoms with E-state index in [2.05, 4.69) is 15.3 Å². The first kappa shape index (κ1) is 19.0. The third-order valence-electron chi connectivity index (χ3n) is 3.36. The SMILES string of the molecule is CC(OC(=O)c1nccnc1N)C(=O)NC(C)c1ccc(Cl)cc1Cl. The molecule has 3 N–H and O–H groups in total. The van der Waals surface area contributed by atoms with Gasteiger partial charge in [-0.2, -0.15) is 0 Å². The Hall–Kier alpha value is -2.38. The third kappa shape index (κ3) is 4.80. The van der Waals surface area contributed by atoms with Crippen LogP contribution in [0.25, 0.3) is 0 Å². The van der Waals surface area contributed by atoms with Gasteiger partial charge >= 0.3 is 5.97 Å². The monoisotopic (exact) mass is 382 g/mol. The Morgan fingerprint density at radius 3 is 2.52 bits per heavy atom. The van der Waals surface area contributed by atoms with Crippen LogP contribution in [0.1, 0.15) is 35.9 Å². The first-order valence-corrected chi connectivity index (χ1v) is 8.08. The second-order valence-electron chi connectivity index (χ2n) is 5.23. The average Bonchev–Trinajstić information content (AvgIpc) is 2.54. The predicted octanol–water partition coefficient (Wildman–Crippen LogP) is 2.79. The molecule has 1 aromatic carbocycles. The number of hydrogen-bond acceptors (Lipinski definition) is 6. The first-order valence-electron chi connectivity index (χ1n) is 7.32. The van der Waals surface area contributed by atoms with E-state index >= 15 is 0 Å². The number of nitrogen functional groups attached to an aromatic ring is 1. The number of hydrogen-bond donors (Lipinski definition) is 2. The van der Waals surface area contributed by atoms with Crippen molar-refractivity contribution in [1.82, 2.24) is 15.3 Å². The van der Waals surface area contributed by atoms with Gasteiger partial charge in [0.2, 0.25) is 0 Å². The van der Waals surface area contributed by atoms with Crippen LogP contribution in [-0.2, 0) is 9.53 Å². The molecule has 0 spiro atoms. The molecule has 0 aliphatic rings. The largest absolute Gasteiger partial charge is 0.448 e. The van der Waals surface area contributed by atoms with E-state index in [-0.39, 0.29) is 11.5 Å². The van der Waals surface area contributed by atoms with Crippen molar-refractivity contribution in [3.05, 3.63) is 51.9 Å². The number of nitrogens with one attached hydrogen (secondary N) is 1. The van der Waals surface area contributed by atoms with Crippen LogP contribution in [0.2, 0.25) is 10.0 Å². The van der Waals surface area contributed by atoms with Gasteiger partial charge in [-0.3, -0.25) is 4.79 Å². The van der Waals surface area contributed by atoms with Crippen molar-refractivity contribution in [3.8, 4) is 0 Å². The number of ether oxygens (including phenoxy) is 1. The van der Waals surface area contributed by atoms with E-state index in [1.54, 1.807) is 25.1 Å². The van der Waals surface area contributed by atoms with Crippen LogP contribution < -0.4 is 11.1 Å². The van der Waals surface area contributed by atoms with Gasteiger partial charge in [-0.15, -0.1) is 0 Å². The normalized spacial score (nSPS) is 13.0. The van der Waals surface area contributed by atoms with Gasteiger partial charge in [-0.1, -0.05) is 29.3 Å². The highest BCUT2D eigenvalue weighted by Gasteiger charge is 2.23. The number of amides is 1. The number of nitrogens with two attached hydrogens (primary N) is 1. The van der Waals surface area contributed by atoms with Gasteiger partial charge in [0, 0.05) is 22.4 Å². The molecule has 2 rings (SSSR count). The highest BCUT2D eigenvalue weighted by Crippen LogP contribution is 2.26. The predicted molar refractivity (Wildman–Crippen MR) is 94.3 cm³/mol. The van der Waals surface area contributed by atoms with Gasteiger partial charge in [-0.05, 0) is 31.5 Å². The molecule has 7 nitrogen and oxygen atoms in total. The standard InChI is InChI=1S/C16H16Cl2N4O3/c1-8(11-4-3-10(17)7-12(11)18)22-15(23)9(2)25-16(24)13-14(19)21-6-5-20-13/h3-9H,1-2H3,(H2,19,21)(H,22,23). The maximum atomic E-state index is 12.2. The Bertz CT molecular complexity index is 801. The summed E-state index contributed by atoms with van der Waals surface area (Å²) in [5.74, 6) is -1.39. The molecule has 0 fully saturated rings. The van der Waals surface area contributed by atoms with Crippen molar-refractivity contribution in [1.29, 1.82) is 0 Å². The van der Waals surface area contributed by atoms with Crippen LogP contribution in [0.4, 0.5) is 5.82 Å². The number of aromatic nitrogens is 2. The van der Waals surface area contributed by atoms with Gasteiger partial charge in [-0.25, -0.2) is 14.8 Å². The number of nitrogens with zero attached hydrogens (tertiary/aromatic N) is 2. The van der Waals surface area contributed by atoms with Crippen LogP contribution in [0.5, 0.6) is 0 Å². The van der Waals surface area contributed by atoms with Gasteiger partial charge in [0.15, 0.2) is 17.6 Å². The zero-order valence-corrected chi connectivity index (χ0v) is 15.0. The van der Waals surface area contributed by atoms with Crippen molar-refractivity contribution in [2.45, 2.75) is 26.0 Å². The van der Waals surface area contributed by atoms with E-state index < -0.39 is 24.0 Å². The number of halogens is 2. The summed E-state index contributed by atoms with van der Waals surface area (Å²) in [6.07, 6.45) is 1.60. The van der Waals surface area contributed by atoms with Gasteiger partial charge in [0.05, 0.1) is 6.04 Å². The molecule has 2 atom stereocenters. The van der Waals surface area contributed by atoms with E-state index in [0.29, 0.717) is 15.6 Å². The summed E-state index contributed by atoms with van der Waals surface area (Å²) >= 11 is 12.0. The summed E-state index contributed by atoms with van der Waals surface area (Å²) in [5.41, 5.74) is 6.11. The molecule has 1 amide bonds. The second-order valence-corrected chi connectivity index (χ2v) is 6.08. The number of esters is 1. The lowest BCUT2D eigenvalue weighted by molar-refractivity contribution is -0.129. The molecule has 9 heteroatoms. The summed E-state index contributed by atoms with van der Waals surface area (Å²) in [5, 5.41) is 3.64. The maximum Gasteiger partial charge on any atom is 0.361 e. The molecule has 0 bridgehead atoms. The van der Waals surface area contributed by atoms with Crippen molar-refractivity contribution in [2.75, 3.05) is 5.73 Å². The number of rotatable bonds is 5. The van der Waals surface area contributed by atoms with Crippen molar-refractivity contribution < 1.29 is 14.3 Å². The summed E-state index contributed by atoms with van der Waals surface area (Å²) in [4.78, 5) is 31.8. The lowest BCUT2D eigenvalue weighted by atomic mass is 10.1. The minimum Gasteiger partial charge on any atom is -0.448 e. The quantitative estimate of drug-likeness (QED) is 0.769. The van der Waals surface area contributed by atoms with Crippen LogP contribution in [-0.4, -0.2) is 27.9 Å². The molecule has 0 aliphatic heterocycles. The van der Waals surface area contributed by atoms with E-state index in [1.165, 1.54) is 19.3 Å². The van der Waals surface area contributed by atoms with Gasteiger partial charge < -0.3 is 15.8 Å². The lowest BCUT2D eigenvalue weighted by Crippen LogP contribution is -2.37. The highest BCUT2D eigenvalue weighted by molar-refractivity contribution is 6.35.